The summed E-state index contributed by atoms with van der Waals surface area (Å²) in [5.41, 5.74) is 2.61. The molecular weight excluding hydrogens is 416 g/mol. The third-order valence-corrected chi connectivity index (χ3v) is 7.00. The first kappa shape index (κ1) is 15.4. The molecule has 0 bridgehead atoms. The van der Waals surface area contributed by atoms with E-state index in [0.717, 1.165) is 21.5 Å². The van der Waals surface area contributed by atoms with Crippen molar-refractivity contribution < 1.29 is 9.47 Å². The summed E-state index contributed by atoms with van der Waals surface area (Å²) < 4.78 is 11.8. The molecule has 1 aromatic heterocycles. The zero-order valence-corrected chi connectivity index (χ0v) is 15.9. The minimum atomic E-state index is 0.130. The Morgan fingerprint density at radius 2 is 1.86 bits per heavy atom. The molecule has 5 heteroatoms. The van der Waals surface area contributed by atoms with Crippen molar-refractivity contribution in [1.29, 1.82) is 0 Å². The van der Waals surface area contributed by atoms with E-state index in [1.165, 1.54) is 34.6 Å². The number of benzene rings is 1. The predicted octanol–water partition coefficient (Wildman–Crippen LogP) is 5.50. The fraction of sp³-hybridized carbons (Fsp3) is 0.375. The Balaban J connectivity index is 2.01. The van der Waals surface area contributed by atoms with Crippen molar-refractivity contribution in [2.75, 3.05) is 14.2 Å². The monoisotopic (exact) mass is 430 g/mol. The van der Waals surface area contributed by atoms with Crippen LogP contribution in [0.15, 0.2) is 22.7 Å². The molecule has 0 fully saturated rings. The van der Waals surface area contributed by atoms with E-state index in [0.29, 0.717) is 0 Å². The molecule has 0 N–H and O–H groups in total. The molecule has 1 atom stereocenters. The van der Waals surface area contributed by atoms with Gasteiger partial charge in [0.15, 0.2) is 0 Å². The first-order valence-electron chi connectivity index (χ1n) is 6.81. The van der Waals surface area contributed by atoms with Crippen LogP contribution in [-0.4, -0.2) is 14.2 Å². The van der Waals surface area contributed by atoms with Crippen molar-refractivity contribution in [2.24, 2.45) is 0 Å². The summed E-state index contributed by atoms with van der Waals surface area (Å²) in [5, 5.41) is 0. The fourth-order valence-corrected chi connectivity index (χ4v) is 5.22. The van der Waals surface area contributed by atoms with Crippen molar-refractivity contribution in [3.63, 3.8) is 0 Å². The van der Waals surface area contributed by atoms with E-state index >= 15 is 0 Å². The maximum absolute atomic E-state index is 5.53. The molecule has 0 saturated carbocycles. The van der Waals surface area contributed by atoms with Crippen molar-refractivity contribution in [3.05, 3.63) is 43.6 Å². The Labute approximate surface area is 145 Å². The second-order valence-corrected chi connectivity index (χ2v) is 7.98. The highest BCUT2D eigenvalue weighted by Crippen LogP contribution is 2.45. The van der Waals surface area contributed by atoms with Crippen LogP contribution in [-0.2, 0) is 12.8 Å². The van der Waals surface area contributed by atoms with Gasteiger partial charge in [-0.1, -0.05) is 15.9 Å². The summed E-state index contributed by atoms with van der Waals surface area (Å²) in [5.74, 6) is 1.68. The molecule has 112 valence electrons. The van der Waals surface area contributed by atoms with Crippen LogP contribution in [0.4, 0.5) is 0 Å². The number of methoxy groups -OCH3 is 2. The Morgan fingerprint density at radius 3 is 2.52 bits per heavy atom. The lowest BCUT2D eigenvalue weighted by Crippen LogP contribution is -1.97. The molecule has 0 aliphatic heterocycles. The fourth-order valence-electron chi connectivity index (χ4n) is 2.71. The molecule has 1 aliphatic carbocycles. The van der Waals surface area contributed by atoms with E-state index in [2.05, 4.69) is 37.9 Å². The summed E-state index contributed by atoms with van der Waals surface area (Å²) in [7, 11) is 3.38. The van der Waals surface area contributed by atoms with Crippen LogP contribution in [0.5, 0.6) is 11.5 Å². The number of rotatable bonds is 4. The van der Waals surface area contributed by atoms with Crippen molar-refractivity contribution >= 4 is 43.2 Å². The Kier molecular flexibility index (Phi) is 4.62. The third-order valence-electron chi connectivity index (χ3n) is 3.79. The molecule has 0 radical (unpaired) electrons. The number of hydrogen-bond acceptors (Lipinski definition) is 3. The maximum Gasteiger partial charge on any atom is 0.133 e. The summed E-state index contributed by atoms with van der Waals surface area (Å²) in [6.45, 7) is 0. The van der Waals surface area contributed by atoms with Gasteiger partial charge in [-0.15, -0.1) is 11.3 Å². The van der Waals surface area contributed by atoms with Crippen LogP contribution in [0, 0.1) is 0 Å². The van der Waals surface area contributed by atoms with Crippen LogP contribution in [0.2, 0.25) is 0 Å². The van der Waals surface area contributed by atoms with Crippen LogP contribution in [0.1, 0.15) is 32.1 Å². The van der Waals surface area contributed by atoms with Crippen LogP contribution >= 0.6 is 43.2 Å². The summed E-state index contributed by atoms with van der Waals surface area (Å²) in [4.78, 5) is 3.00. The first-order chi connectivity index (χ1) is 10.1. The largest absolute Gasteiger partial charge is 0.496 e. The first-order valence-corrected chi connectivity index (χ1v) is 9.33. The molecule has 3 rings (SSSR count). The van der Waals surface area contributed by atoms with Gasteiger partial charge in [-0.2, -0.15) is 0 Å². The third kappa shape index (κ3) is 2.88. The highest BCUT2D eigenvalue weighted by Gasteiger charge is 2.23. The molecule has 0 amide bonds. The van der Waals surface area contributed by atoms with Crippen LogP contribution in [0.3, 0.4) is 0 Å². The molecule has 21 heavy (non-hydrogen) atoms. The second-order valence-electron chi connectivity index (χ2n) is 5.04. The summed E-state index contributed by atoms with van der Waals surface area (Å²) in [6, 6.07) is 6.33. The lowest BCUT2D eigenvalue weighted by atomic mass is 10.1. The molecular formula is C16H16Br2O2S. The van der Waals surface area contributed by atoms with Gasteiger partial charge in [0.05, 0.1) is 23.5 Å². The topological polar surface area (TPSA) is 18.5 Å². The van der Waals surface area contributed by atoms with Gasteiger partial charge in [0, 0.05) is 15.3 Å². The Bertz CT molecular complexity index is 645. The lowest BCUT2D eigenvalue weighted by molar-refractivity contribution is 0.397. The lowest BCUT2D eigenvalue weighted by Gasteiger charge is -2.16. The van der Waals surface area contributed by atoms with E-state index in [1.807, 2.05) is 23.5 Å². The van der Waals surface area contributed by atoms with Gasteiger partial charge < -0.3 is 9.47 Å². The van der Waals surface area contributed by atoms with E-state index in [-0.39, 0.29) is 4.83 Å². The number of thiophene rings is 1. The summed E-state index contributed by atoms with van der Waals surface area (Å²) >= 11 is 9.25. The predicted molar refractivity (Wildman–Crippen MR) is 94.4 cm³/mol. The van der Waals surface area contributed by atoms with Gasteiger partial charge in [0.2, 0.25) is 0 Å². The number of ether oxygens (including phenoxy) is 2. The second kappa shape index (κ2) is 6.31. The average Bonchev–Trinajstić information content (AvgIpc) is 3.07. The van der Waals surface area contributed by atoms with Gasteiger partial charge in [0.25, 0.3) is 0 Å². The van der Waals surface area contributed by atoms with E-state index in [4.69, 9.17) is 9.47 Å². The molecule has 2 nitrogen and oxygen atoms in total. The normalized spacial score (nSPS) is 14.9. The van der Waals surface area contributed by atoms with E-state index in [1.54, 1.807) is 14.2 Å². The van der Waals surface area contributed by atoms with Crippen LogP contribution in [0.25, 0.3) is 0 Å². The number of fused-ring (bicyclic) bond motifs is 1. The molecule has 0 saturated heterocycles. The number of alkyl halides is 1. The minimum absolute atomic E-state index is 0.130. The number of halogens is 2. The minimum Gasteiger partial charge on any atom is -0.496 e. The van der Waals surface area contributed by atoms with E-state index in [9.17, 15) is 0 Å². The molecule has 1 unspecified atom stereocenters. The van der Waals surface area contributed by atoms with Gasteiger partial charge in [-0.25, -0.2) is 0 Å². The highest BCUT2D eigenvalue weighted by atomic mass is 79.9. The highest BCUT2D eigenvalue weighted by molar-refractivity contribution is 9.10. The molecule has 2 aromatic rings. The number of hydrogen-bond donors (Lipinski definition) is 0. The van der Waals surface area contributed by atoms with Gasteiger partial charge in [0.1, 0.15) is 11.5 Å². The van der Waals surface area contributed by atoms with E-state index < -0.39 is 0 Å². The van der Waals surface area contributed by atoms with Gasteiger partial charge in [-0.3, -0.25) is 0 Å². The Morgan fingerprint density at radius 1 is 1.10 bits per heavy atom. The SMILES string of the molecule is COc1cc(C(Br)c2cc3c(s2)CCC3)c(OC)cc1Br. The smallest absolute Gasteiger partial charge is 0.133 e. The van der Waals surface area contributed by atoms with Crippen molar-refractivity contribution in [1.82, 2.24) is 0 Å². The molecule has 0 spiro atoms. The van der Waals surface area contributed by atoms with Crippen molar-refractivity contribution in [2.45, 2.75) is 24.1 Å². The summed E-state index contributed by atoms with van der Waals surface area (Å²) in [6.07, 6.45) is 3.73. The number of aryl methyl sites for hydroxylation is 2. The average molecular weight is 432 g/mol. The molecule has 1 aromatic carbocycles. The molecule has 1 heterocycles. The quantitative estimate of drug-likeness (QED) is 0.595. The molecule has 1 aliphatic rings. The van der Waals surface area contributed by atoms with Gasteiger partial charge >= 0.3 is 0 Å². The standard InChI is InChI=1S/C16H16Br2O2S/c1-19-12-8-11(17)13(20-2)7-10(12)16(18)15-6-9-4-3-5-14(9)21-15/h6-8,16H,3-5H2,1-2H3. The van der Waals surface area contributed by atoms with Gasteiger partial charge in [-0.05, 0) is 59.0 Å². The van der Waals surface area contributed by atoms with Crippen molar-refractivity contribution in [3.8, 4) is 11.5 Å². The Hall–Kier alpha value is -0.520. The van der Waals surface area contributed by atoms with Crippen LogP contribution < -0.4 is 9.47 Å². The zero-order chi connectivity index (χ0) is 15.0. The maximum atomic E-state index is 5.53. The zero-order valence-electron chi connectivity index (χ0n) is 11.9.